The van der Waals surface area contributed by atoms with Crippen molar-refractivity contribution < 1.29 is 14.3 Å². The van der Waals surface area contributed by atoms with Gasteiger partial charge in [-0.25, -0.2) is 9.78 Å². The first kappa shape index (κ1) is 14.3. The molecule has 7 heteroatoms. The van der Waals surface area contributed by atoms with Gasteiger partial charge in [0.15, 0.2) is 0 Å². The van der Waals surface area contributed by atoms with Crippen LogP contribution < -0.4 is 21.1 Å². The molecule has 0 spiro atoms. The molecule has 0 unspecified atom stereocenters. The number of nitrogens with one attached hydrogen (secondary N) is 2. The van der Waals surface area contributed by atoms with E-state index >= 15 is 0 Å². The summed E-state index contributed by atoms with van der Waals surface area (Å²) in [7, 11) is 1.50. The lowest BCUT2D eigenvalue weighted by Gasteiger charge is -2.07. The SMILES string of the molecule is COc1ccc(C(=O)Nc2ccc(NC(N)=O)cc2)cn1. The maximum Gasteiger partial charge on any atom is 0.316 e. The highest BCUT2D eigenvalue weighted by atomic mass is 16.5. The average molecular weight is 286 g/mol. The van der Waals surface area contributed by atoms with Gasteiger partial charge in [0.1, 0.15) is 0 Å². The van der Waals surface area contributed by atoms with E-state index in [-0.39, 0.29) is 5.91 Å². The standard InChI is InChI=1S/C14H14N4O3/c1-21-12-7-2-9(8-16-12)13(19)17-10-3-5-11(6-4-10)18-14(15)20/h2-8H,1H3,(H,17,19)(H3,15,18,20). The van der Waals surface area contributed by atoms with Crippen LogP contribution in [0.15, 0.2) is 42.6 Å². The summed E-state index contributed by atoms with van der Waals surface area (Å²) in [5.41, 5.74) is 6.55. The molecule has 0 radical (unpaired) electrons. The van der Waals surface area contributed by atoms with Gasteiger partial charge >= 0.3 is 6.03 Å². The first-order valence-electron chi connectivity index (χ1n) is 6.06. The second-order valence-electron chi connectivity index (χ2n) is 4.11. The molecule has 1 heterocycles. The zero-order valence-corrected chi connectivity index (χ0v) is 11.3. The number of methoxy groups -OCH3 is 1. The second kappa shape index (κ2) is 6.38. The van der Waals surface area contributed by atoms with Crippen molar-refractivity contribution in [3.63, 3.8) is 0 Å². The van der Waals surface area contributed by atoms with E-state index in [0.29, 0.717) is 22.8 Å². The van der Waals surface area contributed by atoms with E-state index in [1.54, 1.807) is 36.4 Å². The number of anilines is 2. The molecule has 0 saturated carbocycles. The zero-order valence-electron chi connectivity index (χ0n) is 11.3. The number of carbonyl (C=O) groups excluding carboxylic acids is 2. The van der Waals surface area contributed by atoms with E-state index in [0.717, 1.165) is 0 Å². The van der Waals surface area contributed by atoms with Gasteiger partial charge in [-0.05, 0) is 30.3 Å². The van der Waals surface area contributed by atoms with E-state index in [1.807, 2.05) is 0 Å². The Balaban J connectivity index is 2.03. The summed E-state index contributed by atoms with van der Waals surface area (Å²) < 4.78 is 4.92. The molecule has 4 N–H and O–H groups in total. The number of urea groups is 1. The fraction of sp³-hybridized carbons (Fsp3) is 0.0714. The molecule has 0 aliphatic rings. The summed E-state index contributed by atoms with van der Waals surface area (Å²) in [5, 5.41) is 5.14. The molecule has 2 aromatic rings. The molecule has 0 saturated heterocycles. The van der Waals surface area contributed by atoms with E-state index in [9.17, 15) is 9.59 Å². The van der Waals surface area contributed by atoms with Gasteiger partial charge in [0, 0.05) is 23.6 Å². The van der Waals surface area contributed by atoms with Gasteiger partial charge in [-0.2, -0.15) is 0 Å². The highest BCUT2D eigenvalue weighted by Gasteiger charge is 2.07. The number of nitrogens with two attached hydrogens (primary N) is 1. The van der Waals surface area contributed by atoms with Gasteiger partial charge in [-0.1, -0.05) is 0 Å². The largest absolute Gasteiger partial charge is 0.481 e. The molecular weight excluding hydrogens is 272 g/mol. The minimum atomic E-state index is -0.643. The van der Waals surface area contributed by atoms with Gasteiger partial charge in [-0.3, -0.25) is 4.79 Å². The lowest BCUT2D eigenvalue weighted by Crippen LogP contribution is -2.19. The van der Waals surface area contributed by atoms with Crippen LogP contribution in [0, 0.1) is 0 Å². The maximum absolute atomic E-state index is 12.0. The van der Waals surface area contributed by atoms with Crippen molar-refractivity contribution in [2.24, 2.45) is 5.73 Å². The fourth-order valence-corrected chi connectivity index (χ4v) is 1.62. The van der Waals surface area contributed by atoms with Crippen LogP contribution in [0.2, 0.25) is 0 Å². The van der Waals surface area contributed by atoms with Crippen LogP contribution in [-0.4, -0.2) is 24.0 Å². The molecule has 7 nitrogen and oxygen atoms in total. The predicted octanol–water partition coefficient (Wildman–Crippen LogP) is 1.83. The van der Waals surface area contributed by atoms with Gasteiger partial charge in [0.05, 0.1) is 12.7 Å². The molecule has 0 aliphatic carbocycles. The minimum absolute atomic E-state index is 0.291. The molecule has 0 aliphatic heterocycles. The number of aromatic nitrogens is 1. The number of primary amides is 1. The number of amides is 3. The number of hydrogen-bond acceptors (Lipinski definition) is 4. The molecule has 0 fully saturated rings. The molecule has 0 atom stereocenters. The fourth-order valence-electron chi connectivity index (χ4n) is 1.62. The highest BCUT2D eigenvalue weighted by Crippen LogP contribution is 2.15. The van der Waals surface area contributed by atoms with E-state index < -0.39 is 6.03 Å². The number of ether oxygens (including phenoxy) is 1. The number of benzene rings is 1. The van der Waals surface area contributed by atoms with Gasteiger partial charge in [0.25, 0.3) is 5.91 Å². The summed E-state index contributed by atoms with van der Waals surface area (Å²) in [6.07, 6.45) is 1.43. The van der Waals surface area contributed by atoms with Crippen molar-refractivity contribution in [2.45, 2.75) is 0 Å². The first-order chi connectivity index (χ1) is 10.1. The molecule has 0 bridgehead atoms. The summed E-state index contributed by atoms with van der Waals surface area (Å²) in [4.78, 5) is 26.6. The smallest absolute Gasteiger partial charge is 0.316 e. The van der Waals surface area contributed by atoms with E-state index in [4.69, 9.17) is 10.5 Å². The lowest BCUT2D eigenvalue weighted by molar-refractivity contribution is 0.102. The third-order valence-electron chi connectivity index (χ3n) is 2.62. The summed E-state index contributed by atoms with van der Waals surface area (Å²) in [6, 6.07) is 9.15. The monoisotopic (exact) mass is 286 g/mol. The van der Waals surface area contributed by atoms with Crippen molar-refractivity contribution >= 4 is 23.3 Å². The van der Waals surface area contributed by atoms with E-state index in [2.05, 4.69) is 15.6 Å². The van der Waals surface area contributed by atoms with Gasteiger partial charge < -0.3 is 21.1 Å². The third kappa shape index (κ3) is 3.93. The van der Waals surface area contributed by atoms with Gasteiger partial charge in [-0.15, -0.1) is 0 Å². The van der Waals surface area contributed by atoms with Crippen LogP contribution in [0.1, 0.15) is 10.4 Å². The predicted molar refractivity (Wildman–Crippen MR) is 78.4 cm³/mol. The Morgan fingerprint density at radius 3 is 2.14 bits per heavy atom. The molecule has 3 amide bonds. The number of carbonyl (C=O) groups is 2. The average Bonchev–Trinajstić information content (AvgIpc) is 2.49. The minimum Gasteiger partial charge on any atom is -0.481 e. The zero-order chi connectivity index (χ0) is 15.2. The first-order valence-corrected chi connectivity index (χ1v) is 6.06. The van der Waals surface area contributed by atoms with Crippen LogP contribution in [0.3, 0.4) is 0 Å². The Kier molecular flexibility index (Phi) is 4.35. The number of nitrogens with zero attached hydrogens (tertiary/aromatic N) is 1. The summed E-state index contributed by atoms with van der Waals surface area (Å²) >= 11 is 0. The highest BCUT2D eigenvalue weighted by molar-refractivity contribution is 6.04. The Morgan fingerprint density at radius 1 is 1.05 bits per heavy atom. The van der Waals surface area contributed by atoms with Crippen LogP contribution in [-0.2, 0) is 0 Å². The normalized spacial score (nSPS) is 9.76. The number of rotatable bonds is 4. The third-order valence-corrected chi connectivity index (χ3v) is 2.62. The van der Waals surface area contributed by atoms with Crippen molar-refractivity contribution in [2.75, 3.05) is 17.7 Å². The lowest BCUT2D eigenvalue weighted by atomic mass is 10.2. The molecule has 1 aromatic heterocycles. The second-order valence-corrected chi connectivity index (χ2v) is 4.11. The van der Waals surface area contributed by atoms with Crippen molar-refractivity contribution in [1.29, 1.82) is 0 Å². The van der Waals surface area contributed by atoms with Crippen LogP contribution in [0.25, 0.3) is 0 Å². The van der Waals surface area contributed by atoms with Crippen LogP contribution in [0.5, 0.6) is 5.88 Å². The van der Waals surface area contributed by atoms with Crippen LogP contribution in [0.4, 0.5) is 16.2 Å². The number of hydrogen-bond donors (Lipinski definition) is 3. The maximum atomic E-state index is 12.0. The van der Waals surface area contributed by atoms with E-state index in [1.165, 1.54) is 13.3 Å². The molecule has 108 valence electrons. The summed E-state index contributed by atoms with van der Waals surface area (Å²) in [6.45, 7) is 0. The molecule has 1 aromatic carbocycles. The van der Waals surface area contributed by atoms with Crippen LogP contribution >= 0.6 is 0 Å². The Labute approximate surface area is 121 Å². The molecular formula is C14H14N4O3. The van der Waals surface area contributed by atoms with Gasteiger partial charge in [0.2, 0.25) is 5.88 Å². The molecule has 2 rings (SSSR count). The van der Waals surface area contributed by atoms with Crippen molar-refractivity contribution in [3.05, 3.63) is 48.2 Å². The number of pyridine rings is 1. The Bertz CT molecular complexity index is 638. The quantitative estimate of drug-likeness (QED) is 0.797. The summed E-state index contributed by atoms with van der Waals surface area (Å²) in [5.74, 6) is 0.147. The van der Waals surface area contributed by atoms with Crippen molar-refractivity contribution in [1.82, 2.24) is 4.98 Å². The Morgan fingerprint density at radius 2 is 1.67 bits per heavy atom. The topological polar surface area (TPSA) is 106 Å². The molecule has 21 heavy (non-hydrogen) atoms. The van der Waals surface area contributed by atoms with Crippen molar-refractivity contribution in [3.8, 4) is 5.88 Å². The Hall–Kier alpha value is -3.09.